The van der Waals surface area contributed by atoms with Crippen LogP contribution in [0.1, 0.15) is 32.3 Å². The van der Waals surface area contributed by atoms with Gasteiger partial charge in [0, 0.05) is 28.4 Å². The zero-order valence-electron chi connectivity index (χ0n) is 13.4. The highest BCUT2D eigenvalue weighted by molar-refractivity contribution is 7.99. The van der Waals surface area contributed by atoms with Gasteiger partial charge in [-0.25, -0.2) is 0 Å². The monoisotopic (exact) mass is 312 g/mol. The Bertz CT molecular complexity index is 589. The molecule has 0 amide bonds. The molecule has 0 heterocycles. The Balaban J connectivity index is 2.25. The van der Waals surface area contributed by atoms with E-state index in [1.165, 1.54) is 4.90 Å². The summed E-state index contributed by atoms with van der Waals surface area (Å²) in [5, 5.41) is 8.61. The smallest absolute Gasteiger partial charge is 0.129 e. The summed E-state index contributed by atoms with van der Waals surface area (Å²) < 4.78 is 0. The summed E-state index contributed by atoms with van der Waals surface area (Å²) in [6.07, 6.45) is 2.13. The van der Waals surface area contributed by atoms with Gasteiger partial charge in [0.15, 0.2) is 0 Å². The van der Waals surface area contributed by atoms with Crippen LogP contribution in [0.15, 0.2) is 64.4 Å². The lowest BCUT2D eigenvalue weighted by Gasteiger charge is -2.25. The van der Waals surface area contributed by atoms with Gasteiger partial charge < -0.3 is 4.90 Å². The van der Waals surface area contributed by atoms with E-state index in [2.05, 4.69) is 55.1 Å². The van der Waals surface area contributed by atoms with Crippen molar-refractivity contribution in [2.75, 3.05) is 13.1 Å². The standard InChI is InChI=1S/C19H24N2S/c1-3-14-21(15-4-2)19(20)17-12-8-9-13-18(17)22-16-10-6-5-7-11-16/h5-13,20H,3-4,14-15H2,1-2H3. The maximum Gasteiger partial charge on any atom is 0.129 e. The van der Waals surface area contributed by atoms with E-state index < -0.39 is 0 Å². The molecule has 22 heavy (non-hydrogen) atoms. The fraction of sp³-hybridized carbons (Fsp3) is 0.316. The molecule has 0 saturated carbocycles. The summed E-state index contributed by atoms with van der Waals surface area (Å²) in [5.41, 5.74) is 1.03. The number of amidine groups is 1. The summed E-state index contributed by atoms with van der Waals surface area (Å²) >= 11 is 1.73. The second-order valence-electron chi connectivity index (χ2n) is 5.25. The fourth-order valence-electron chi connectivity index (χ4n) is 2.41. The molecular formula is C19H24N2S. The molecule has 0 saturated heterocycles. The van der Waals surface area contributed by atoms with Gasteiger partial charge in [0.2, 0.25) is 0 Å². The van der Waals surface area contributed by atoms with Gasteiger partial charge in [0.25, 0.3) is 0 Å². The van der Waals surface area contributed by atoms with Gasteiger partial charge in [-0.1, -0.05) is 62.0 Å². The van der Waals surface area contributed by atoms with Crippen molar-refractivity contribution < 1.29 is 0 Å². The molecular weight excluding hydrogens is 288 g/mol. The molecule has 0 aliphatic rings. The third-order valence-electron chi connectivity index (χ3n) is 3.42. The Morgan fingerprint density at radius 3 is 2.14 bits per heavy atom. The summed E-state index contributed by atoms with van der Waals surface area (Å²) in [7, 11) is 0. The molecule has 3 heteroatoms. The lowest BCUT2D eigenvalue weighted by molar-refractivity contribution is 0.414. The van der Waals surface area contributed by atoms with Gasteiger partial charge in [-0.2, -0.15) is 0 Å². The Labute approximate surface area is 138 Å². The molecule has 0 aliphatic carbocycles. The molecule has 0 aliphatic heterocycles. The van der Waals surface area contributed by atoms with Crippen LogP contribution in [0, 0.1) is 5.41 Å². The minimum Gasteiger partial charge on any atom is -0.357 e. The van der Waals surface area contributed by atoms with Crippen molar-refractivity contribution in [3.05, 3.63) is 60.2 Å². The minimum atomic E-state index is 0.641. The highest BCUT2D eigenvalue weighted by atomic mass is 32.2. The molecule has 2 aromatic carbocycles. The lowest BCUT2D eigenvalue weighted by atomic mass is 10.1. The molecule has 0 unspecified atom stereocenters. The van der Waals surface area contributed by atoms with E-state index in [0.29, 0.717) is 5.84 Å². The summed E-state index contributed by atoms with van der Waals surface area (Å²) in [6, 6.07) is 18.6. The predicted octanol–water partition coefficient (Wildman–Crippen LogP) is 5.29. The lowest BCUT2D eigenvalue weighted by Crippen LogP contribution is -2.32. The number of benzene rings is 2. The Hall–Kier alpha value is -1.74. The predicted molar refractivity (Wildman–Crippen MR) is 96.0 cm³/mol. The van der Waals surface area contributed by atoms with E-state index in [1.54, 1.807) is 11.8 Å². The van der Waals surface area contributed by atoms with E-state index in [4.69, 9.17) is 5.41 Å². The van der Waals surface area contributed by atoms with Gasteiger partial charge in [-0.3, -0.25) is 5.41 Å². The van der Waals surface area contributed by atoms with Gasteiger partial charge in [0.05, 0.1) is 0 Å². The van der Waals surface area contributed by atoms with Crippen molar-refractivity contribution in [2.45, 2.75) is 36.5 Å². The van der Waals surface area contributed by atoms with Gasteiger partial charge in [-0.15, -0.1) is 0 Å². The molecule has 2 aromatic rings. The fourth-order valence-corrected chi connectivity index (χ4v) is 3.38. The largest absolute Gasteiger partial charge is 0.357 e. The SMILES string of the molecule is CCCN(CCC)C(=N)c1ccccc1Sc1ccccc1. The van der Waals surface area contributed by atoms with Crippen LogP contribution in [0.4, 0.5) is 0 Å². The molecule has 0 aromatic heterocycles. The maximum absolute atomic E-state index is 8.61. The molecule has 2 nitrogen and oxygen atoms in total. The highest BCUT2D eigenvalue weighted by Gasteiger charge is 2.14. The molecule has 1 N–H and O–H groups in total. The van der Waals surface area contributed by atoms with Crippen LogP contribution in [0.25, 0.3) is 0 Å². The first-order valence-corrected chi connectivity index (χ1v) is 8.73. The van der Waals surface area contributed by atoms with Crippen LogP contribution in [-0.4, -0.2) is 23.8 Å². The quantitative estimate of drug-likeness (QED) is 0.556. The van der Waals surface area contributed by atoms with Crippen molar-refractivity contribution in [3.8, 4) is 0 Å². The molecule has 0 fully saturated rings. The first-order valence-electron chi connectivity index (χ1n) is 7.92. The van der Waals surface area contributed by atoms with Crippen LogP contribution in [-0.2, 0) is 0 Å². The molecule has 0 radical (unpaired) electrons. The van der Waals surface area contributed by atoms with Gasteiger partial charge in [0.1, 0.15) is 5.84 Å². The van der Waals surface area contributed by atoms with E-state index in [0.717, 1.165) is 36.4 Å². The van der Waals surface area contributed by atoms with Crippen molar-refractivity contribution in [2.24, 2.45) is 0 Å². The first-order chi connectivity index (χ1) is 10.8. The van der Waals surface area contributed by atoms with Gasteiger partial charge >= 0.3 is 0 Å². The van der Waals surface area contributed by atoms with Crippen LogP contribution < -0.4 is 0 Å². The number of rotatable bonds is 7. The van der Waals surface area contributed by atoms with E-state index in [-0.39, 0.29) is 0 Å². The van der Waals surface area contributed by atoms with Crippen molar-refractivity contribution in [1.82, 2.24) is 4.90 Å². The maximum atomic E-state index is 8.61. The van der Waals surface area contributed by atoms with E-state index >= 15 is 0 Å². The average Bonchev–Trinajstić information content (AvgIpc) is 2.55. The van der Waals surface area contributed by atoms with Gasteiger partial charge in [-0.05, 0) is 31.0 Å². The summed E-state index contributed by atoms with van der Waals surface area (Å²) in [4.78, 5) is 4.54. The van der Waals surface area contributed by atoms with Crippen molar-refractivity contribution in [3.63, 3.8) is 0 Å². The third-order valence-corrected chi connectivity index (χ3v) is 4.50. The topological polar surface area (TPSA) is 27.1 Å². The molecule has 0 atom stereocenters. The van der Waals surface area contributed by atoms with Crippen molar-refractivity contribution in [1.29, 1.82) is 5.41 Å². The number of nitrogens with one attached hydrogen (secondary N) is 1. The van der Waals surface area contributed by atoms with Crippen LogP contribution >= 0.6 is 11.8 Å². The number of hydrogen-bond acceptors (Lipinski definition) is 2. The van der Waals surface area contributed by atoms with E-state index in [9.17, 15) is 0 Å². The zero-order chi connectivity index (χ0) is 15.8. The highest BCUT2D eigenvalue weighted by Crippen LogP contribution is 2.30. The number of hydrogen-bond donors (Lipinski definition) is 1. The second kappa shape index (κ2) is 8.64. The zero-order valence-corrected chi connectivity index (χ0v) is 14.2. The Morgan fingerprint density at radius 1 is 0.909 bits per heavy atom. The third kappa shape index (κ3) is 4.38. The summed E-state index contributed by atoms with van der Waals surface area (Å²) in [6.45, 7) is 6.22. The average molecular weight is 312 g/mol. The van der Waals surface area contributed by atoms with Crippen molar-refractivity contribution >= 4 is 17.6 Å². The number of nitrogens with zero attached hydrogens (tertiary/aromatic N) is 1. The van der Waals surface area contributed by atoms with Crippen LogP contribution in [0.3, 0.4) is 0 Å². The van der Waals surface area contributed by atoms with Crippen LogP contribution in [0.5, 0.6) is 0 Å². The molecule has 2 rings (SSSR count). The Kier molecular flexibility index (Phi) is 6.53. The first kappa shape index (κ1) is 16.6. The minimum absolute atomic E-state index is 0.641. The van der Waals surface area contributed by atoms with E-state index in [1.807, 2.05) is 18.2 Å². The molecule has 0 bridgehead atoms. The Morgan fingerprint density at radius 2 is 1.50 bits per heavy atom. The molecule has 0 spiro atoms. The second-order valence-corrected chi connectivity index (χ2v) is 6.36. The van der Waals surface area contributed by atoms with Crippen LogP contribution in [0.2, 0.25) is 0 Å². The summed E-state index contributed by atoms with van der Waals surface area (Å²) in [5.74, 6) is 0.641. The normalized spacial score (nSPS) is 10.5. The molecule has 116 valence electrons.